The van der Waals surface area contributed by atoms with E-state index < -0.39 is 5.63 Å². The molecule has 4 rings (SSSR count). The van der Waals surface area contributed by atoms with Gasteiger partial charge in [-0.25, -0.2) is 4.79 Å². The Morgan fingerprint density at radius 1 is 1.07 bits per heavy atom. The van der Waals surface area contributed by atoms with Crippen LogP contribution >= 0.6 is 0 Å². The molecule has 1 N–H and O–H groups in total. The van der Waals surface area contributed by atoms with Gasteiger partial charge < -0.3 is 19.4 Å². The predicted octanol–water partition coefficient (Wildman–Crippen LogP) is 3.29. The van der Waals surface area contributed by atoms with Crippen LogP contribution in [0.3, 0.4) is 0 Å². The molecule has 2 amide bonds. The Kier molecular flexibility index (Phi) is 5.52. The SMILES string of the molecule is COc1cccc2cc(C(=O)N3CCC(C(=O)Nc4ccccc4)CC3)c(=O)oc12. The van der Waals surface area contributed by atoms with Crippen molar-refractivity contribution in [2.24, 2.45) is 5.92 Å². The molecule has 7 heteroatoms. The normalized spacial score (nSPS) is 14.5. The van der Waals surface area contributed by atoms with Crippen molar-refractivity contribution in [2.75, 3.05) is 25.5 Å². The van der Waals surface area contributed by atoms with Gasteiger partial charge in [-0.1, -0.05) is 30.3 Å². The molecular weight excluding hydrogens is 384 g/mol. The zero-order valence-electron chi connectivity index (χ0n) is 16.6. The number of piperidine rings is 1. The van der Waals surface area contributed by atoms with Crippen LogP contribution in [0.25, 0.3) is 11.0 Å². The van der Waals surface area contributed by atoms with E-state index in [9.17, 15) is 14.4 Å². The number of likely N-dealkylation sites (tertiary alicyclic amines) is 1. The number of nitrogens with zero attached hydrogens (tertiary/aromatic N) is 1. The van der Waals surface area contributed by atoms with Gasteiger partial charge in [0.25, 0.3) is 5.91 Å². The lowest BCUT2D eigenvalue weighted by atomic mass is 9.95. The van der Waals surface area contributed by atoms with Crippen molar-refractivity contribution in [2.45, 2.75) is 12.8 Å². The van der Waals surface area contributed by atoms with Crippen molar-refractivity contribution in [3.63, 3.8) is 0 Å². The number of carbonyl (C=O) groups is 2. The highest BCUT2D eigenvalue weighted by atomic mass is 16.5. The molecule has 0 radical (unpaired) electrons. The van der Waals surface area contributed by atoms with E-state index in [2.05, 4.69) is 5.32 Å². The van der Waals surface area contributed by atoms with Gasteiger partial charge in [0.2, 0.25) is 5.91 Å². The summed E-state index contributed by atoms with van der Waals surface area (Å²) in [7, 11) is 1.49. The van der Waals surface area contributed by atoms with E-state index in [1.54, 1.807) is 29.2 Å². The van der Waals surface area contributed by atoms with Crippen LogP contribution < -0.4 is 15.7 Å². The molecular formula is C23H22N2O5. The Balaban J connectivity index is 1.45. The predicted molar refractivity (Wildman–Crippen MR) is 113 cm³/mol. The first-order valence-corrected chi connectivity index (χ1v) is 9.83. The number of hydrogen-bond donors (Lipinski definition) is 1. The zero-order chi connectivity index (χ0) is 21.1. The van der Waals surface area contributed by atoms with Crippen LogP contribution in [-0.4, -0.2) is 36.9 Å². The Morgan fingerprint density at radius 2 is 1.80 bits per heavy atom. The molecule has 0 aliphatic carbocycles. The second-order valence-corrected chi connectivity index (χ2v) is 7.25. The molecule has 1 fully saturated rings. The Labute approximate surface area is 173 Å². The second-order valence-electron chi connectivity index (χ2n) is 7.25. The molecule has 7 nitrogen and oxygen atoms in total. The van der Waals surface area contributed by atoms with Gasteiger partial charge in [-0.3, -0.25) is 9.59 Å². The first kappa shape index (κ1) is 19.7. The number of anilines is 1. The van der Waals surface area contributed by atoms with E-state index in [0.717, 1.165) is 5.69 Å². The average Bonchev–Trinajstić information content (AvgIpc) is 2.78. The summed E-state index contributed by atoms with van der Waals surface area (Å²) >= 11 is 0. The summed E-state index contributed by atoms with van der Waals surface area (Å²) in [5, 5.41) is 3.53. The van der Waals surface area contributed by atoms with Gasteiger partial charge in [0.1, 0.15) is 5.56 Å². The standard InChI is InChI=1S/C23H22N2O5/c1-29-19-9-5-6-16-14-18(23(28)30-20(16)19)22(27)25-12-10-15(11-13-25)21(26)24-17-7-3-2-4-8-17/h2-9,14-15H,10-13H2,1H3,(H,24,26). The summed E-state index contributed by atoms with van der Waals surface area (Å²) in [4.78, 5) is 39.4. The Hall–Kier alpha value is -3.61. The lowest BCUT2D eigenvalue weighted by Crippen LogP contribution is -2.42. The largest absolute Gasteiger partial charge is 0.493 e. The lowest BCUT2D eigenvalue weighted by molar-refractivity contribution is -0.121. The highest BCUT2D eigenvalue weighted by Gasteiger charge is 2.29. The molecule has 1 saturated heterocycles. The maximum Gasteiger partial charge on any atom is 0.349 e. The number of methoxy groups -OCH3 is 1. The fourth-order valence-corrected chi connectivity index (χ4v) is 3.71. The number of hydrogen-bond acceptors (Lipinski definition) is 5. The number of fused-ring (bicyclic) bond motifs is 1. The van der Waals surface area contributed by atoms with Crippen molar-refractivity contribution in [1.82, 2.24) is 4.90 Å². The van der Waals surface area contributed by atoms with Crippen molar-refractivity contribution in [3.05, 3.63) is 70.6 Å². The molecule has 154 valence electrons. The fraction of sp³-hybridized carbons (Fsp3) is 0.261. The Bertz CT molecular complexity index is 1130. The van der Waals surface area contributed by atoms with E-state index in [1.165, 1.54) is 7.11 Å². The maximum atomic E-state index is 12.9. The molecule has 3 aromatic rings. The molecule has 1 aromatic heterocycles. The number of nitrogens with one attached hydrogen (secondary N) is 1. The van der Waals surface area contributed by atoms with E-state index >= 15 is 0 Å². The average molecular weight is 406 g/mol. The highest BCUT2D eigenvalue weighted by Crippen LogP contribution is 2.26. The zero-order valence-corrected chi connectivity index (χ0v) is 16.6. The molecule has 1 aliphatic rings. The Morgan fingerprint density at radius 3 is 2.50 bits per heavy atom. The van der Waals surface area contributed by atoms with Gasteiger partial charge in [0.05, 0.1) is 7.11 Å². The molecule has 0 atom stereocenters. The van der Waals surface area contributed by atoms with E-state index in [0.29, 0.717) is 42.6 Å². The van der Waals surface area contributed by atoms with Crippen LogP contribution in [0.4, 0.5) is 5.69 Å². The van der Waals surface area contributed by atoms with Crippen LogP contribution in [0.2, 0.25) is 0 Å². The fourth-order valence-electron chi connectivity index (χ4n) is 3.71. The second kappa shape index (κ2) is 8.41. The first-order valence-electron chi connectivity index (χ1n) is 9.83. The van der Waals surface area contributed by atoms with Crippen LogP contribution in [0.1, 0.15) is 23.2 Å². The number of ether oxygens (including phenoxy) is 1. The minimum absolute atomic E-state index is 0.0112. The van der Waals surface area contributed by atoms with Gasteiger partial charge in [-0.05, 0) is 37.1 Å². The third-order valence-electron chi connectivity index (χ3n) is 5.37. The number of carbonyl (C=O) groups excluding carboxylic acids is 2. The highest BCUT2D eigenvalue weighted by molar-refractivity contribution is 5.98. The van der Waals surface area contributed by atoms with Crippen LogP contribution in [-0.2, 0) is 4.79 Å². The quantitative estimate of drug-likeness (QED) is 0.672. The summed E-state index contributed by atoms with van der Waals surface area (Å²) in [5.41, 5.74) is 0.368. The summed E-state index contributed by atoms with van der Waals surface area (Å²) in [6.45, 7) is 0.808. The molecule has 1 aliphatic heterocycles. The van der Waals surface area contributed by atoms with E-state index in [1.807, 2.05) is 30.3 Å². The summed E-state index contributed by atoms with van der Waals surface area (Å²) in [6, 6.07) is 16.1. The molecule has 2 heterocycles. The van der Waals surface area contributed by atoms with Gasteiger partial charge in [0, 0.05) is 30.1 Å². The topological polar surface area (TPSA) is 88.9 Å². The minimum atomic E-state index is -0.694. The van der Waals surface area contributed by atoms with E-state index in [4.69, 9.17) is 9.15 Å². The molecule has 2 aromatic carbocycles. The maximum absolute atomic E-state index is 12.9. The first-order chi connectivity index (χ1) is 14.6. The monoisotopic (exact) mass is 406 g/mol. The molecule has 0 bridgehead atoms. The third kappa shape index (κ3) is 3.91. The molecule has 0 spiro atoms. The minimum Gasteiger partial charge on any atom is -0.493 e. The van der Waals surface area contributed by atoms with Crippen molar-refractivity contribution in [3.8, 4) is 5.75 Å². The van der Waals surface area contributed by atoms with Gasteiger partial charge in [0.15, 0.2) is 11.3 Å². The van der Waals surface area contributed by atoms with Crippen molar-refractivity contribution < 1.29 is 18.7 Å². The third-order valence-corrected chi connectivity index (χ3v) is 5.37. The van der Waals surface area contributed by atoms with E-state index in [-0.39, 0.29) is 23.3 Å². The molecule has 0 saturated carbocycles. The smallest absolute Gasteiger partial charge is 0.349 e. The summed E-state index contributed by atoms with van der Waals surface area (Å²) < 4.78 is 10.6. The van der Waals surface area contributed by atoms with Crippen LogP contribution in [0.5, 0.6) is 5.75 Å². The number of rotatable bonds is 4. The number of benzene rings is 2. The molecule has 30 heavy (non-hydrogen) atoms. The van der Waals surface area contributed by atoms with Crippen molar-refractivity contribution >= 4 is 28.5 Å². The van der Waals surface area contributed by atoms with Crippen LogP contribution in [0, 0.1) is 5.92 Å². The summed E-state index contributed by atoms with van der Waals surface area (Å²) in [5.74, 6) is -0.165. The number of para-hydroxylation sites is 2. The lowest BCUT2D eigenvalue weighted by Gasteiger charge is -2.31. The van der Waals surface area contributed by atoms with Gasteiger partial charge >= 0.3 is 5.63 Å². The molecule has 0 unspecified atom stereocenters. The number of amides is 2. The van der Waals surface area contributed by atoms with Gasteiger partial charge in [-0.2, -0.15) is 0 Å². The van der Waals surface area contributed by atoms with Crippen molar-refractivity contribution in [1.29, 1.82) is 0 Å². The van der Waals surface area contributed by atoms with Crippen LogP contribution in [0.15, 0.2) is 63.8 Å². The van der Waals surface area contributed by atoms with Gasteiger partial charge in [-0.15, -0.1) is 0 Å². The summed E-state index contributed by atoms with van der Waals surface area (Å²) in [6.07, 6.45) is 1.08.